The van der Waals surface area contributed by atoms with Crippen molar-refractivity contribution in [3.8, 4) is 0 Å². The lowest BCUT2D eigenvalue weighted by molar-refractivity contribution is -0.870. The number of hydrogen-bond acceptors (Lipinski definition) is 7. The first kappa shape index (κ1) is 55.8. The molecule has 0 amide bonds. The quantitative estimate of drug-likeness (QED) is 0.0213. The van der Waals surface area contributed by atoms with Crippen molar-refractivity contribution in [1.29, 1.82) is 0 Å². The smallest absolute Gasteiger partial charge is 0.462 e. The third-order valence-electron chi connectivity index (χ3n) is 10.5. The number of carbonyl (C=O) groups excluding carboxylic acids is 2. The lowest BCUT2D eigenvalue weighted by atomic mass is 10.0. The molecule has 0 fully saturated rings. The monoisotopic (exact) mass is 831 g/mol. The van der Waals surface area contributed by atoms with E-state index in [2.05, 4.69) is 26.0 Å². The first-order valence-electron chi connectivity index (χ1n) is 23.9. The second kappa shape index (κ2) is 40.2. The molecule has 0 saturated carbocycles. The van der Waals surface area contributed by atoms with Crippen LogP contribution in [0.4, 0.5) is 0 Å². The molecule has 338 valence electrons. The zero-order chi connectivity index (χ0) is 42.1. The van der Waals surface area contributed by atoms with E-state index in [-0.39, 0.29) is 32.0 Å². The maximum absolute atomic E-state index is 12.7. The standard InChI is InChI=1S/C47H92NO8P/c1-6-8-10-12-14-16-18-20-22-23-24-26-28-30-32-34-36-38-40-47(50)56-45(44-55-57(51,52)54-42-41-48(3,4)5)43-53-46(49)39-37-35-33-31-29-27-25-21-19-17-15-13-11-9-7-2/h21,25,45H,6-20,22-24,26-44H2,1-5H3/p+1/b25-21-/t45-/m1/s1. The van der Waals surface area contributed by atoms with Crippen LogP contribution in [0.2, 0.25) is 0 Å². The van der Waals surface area contributed by atoms with E-state index < -0.39 is 26.5 Å². The Bertz CT molecular complexity index is 985. The predicted molar refractivity (Wildman–Crippen MR) is 238 cm³/mol. The molecule has 0 spiro atoms. The number of phosphoric ester groups is 1. The third kappa shape index (κ3) is 44.1. The molecule has 0 aromatic carbocycles. The number of hydrogen-bond donors (Lipinski definition) is 1. The van der Waals surface area contributed by atoms with Crippen LogP contribution in [0.3, 0.4) is 0 Å². The van der Waals surface area contributed by atoms with E-state index in [9.17, 15) is 19.0 Å². The van der Waals surface area contributed by atoms with Crippen LogP contribution in [0.5, 0.6) is 0 Å². The third-order valence-corrected chi connectivity index (χ3v) is 11.5. The van der Waals surface area contributed by atoms with E-state index in [1.54, 1.807) is 0 Å². The topological polar surface area (TPSA) is 108 Å². The maximum Gasteiger partial charge on any atom is 0.472 e. The number of likely N-dealkylation sites (N-methyl/N-ethyl adjacent to an activating group) is 1. The van der Waals surface area contributed by atoms with Crippen molar-refractivity contribution in [2.24, 2.45) is 0 Å². The van der Waals surface area contributed by atoms with Gasteiger partial charge >= 0.3 is 19.8 Å². The van der Waals surface area contributed by atoms with Crippen LogP contribution in [0, 0.1) is 0 Å². The van der Waals surface area contributed by atoms with Gasteiger partial charge in [-0.25, -0.2) is 4.57 Å². The van der Waals surface area contributed by atoms with Crippen LogP contribution in [-0.2, 0) is 32.7 Å². The number of unbranched alkanes of at least 4 members (excludes halogenated alkanes) is 28. The van der Waals surface area contributed by atoms with E-state index in [0.717, 1.165) is 51.4 Å². The van der Waals surface area contributed by atoms with Crippen LogP contribution in [-0.4, -0.2) is 74.9 Å². The fraction of sp³-hybridized carbons (Fsp3) is 0.915. The maximum atomic E-state index is 12.7. The Balaban J connectivity index is 4.28. The minimum atomic E-state index is -4.37. The van der Waals surface area contributed by atoms with Crippen molar-refractivity contribution in [2.45, 2.75) is 232 Å². The number of rotatable bonds is 44. The van der Waals surface area contributed by atoms with Crippen molar-refractivity contribution in [3.05, 3.63) is 12.2 Å². The fourth-order valence-electron chi connectivity index (χ4n) is 6.77. The highest BCUT2D eigenvalue weighted by molar-refractivity contribution is 7.47. The highest BCUT2D eigenvalue weighted by Gasteiger charge is 2.27. The van der Waals surface area contributed by atoms with Gasteiger partial charge in [0.25, 0.3) is 0 Å². The molecule has 0 aromatic rings. The highest BCUT2D eigenvalue weighted by Crippen LogP contribution is 2.43. The first-order valence-corrected chi connectivity index (χ1v) is 25.4. The Morgan fingerprint density at radius 2 is 0.895 bits per heavy atom. The molecular weight excluding hydrogens is 737 g/mol. The SMILES string of the molecule is CCCCCCCC/C=C\CCCCCCCC(=O)OC[C@H](COP(=O)(O)OCC[N+](C)(C)C)OC(=O)CCCCCCCCCCCCCCCCCCCC. The summed E-state index contributed by atoms with van der Waals surface area (Å²) in [4.78, 5) is 35.4. The highest BCUT2D eigenvalue weighted by atomic mass is 31.2. The minimum absolute atomic E-state index is 0.0338. The van der Waals surface area contributed by atoms with Crippen molar-refractivity contribution in [2.75, 3.05) is 47.5 Å². The molecule has 0 heterocycles. The van der Waals surface area contributed by atoms with Crippen molar-refractivity contribution in [1.82, 2.24) is 0 Å². The van der Waals surface area contributed by atoms with E-state index in [1.165, 1.54) is 141 Å². The number of carbonyl (C=O) groups is 2. The fourth-order valence-corrected chi connectivity index (χ4v) is 7.52. The number of esters is 2. The zero-order valence-corrected chi connectivity index (χ0v) is 39.0. The Labute approximate surface area is 352 Å². The molecule has 0 bridgehead atoms. The summed E-state index contributed by atoms with van der Waals surface area (Å²) in [5.74, 6) is -0.796. The predicted octanol–water partition coefficient (Wildman–Crippen LogP) is 13.8. The molecular formula is C47H93NO8P+. The molecule has 0 aromatic heterocycles. The second-order valence-electron chi connectivity index (χ2n) is 17.5. The lowest BCUT2D eigenvalue weighted by Gasteiger charge is -2.24. The van der Waals surface area contributed by atoms with Crippen molar-refractivity contribution in [3.63, 3.8) is 0 Å². The molecule has 10 heteroatoms. The molecule has 0 saturated heterocycles. The summed E-state index contributed by atoms with van der Waals surface area (Å²) in [6.07, 6.45) is 42.5. The van der Waals surface area contributed by atoms with E-state index in [0.29, 0.717) is 17.4 Å². The van der Waals surface area contributed by atoms with Gasteiger partial charge in [-0.1, -0.05) is 187 Å². The molecule has 1 unspecified atom stereocenters. The Morgan fingerprint density at radius 3 is 1.30 bits per heavy atom. The number of allylic oxidation sites excluding steroid dienone is 2. The zero-order valence-electron chi connectivity index (χ0n) is 38.1. The van der Waals surface area contributed by atoms with Crippen LogP contribution in [0.25, 0.3) is 0 Å². The number of quaternary nitrogens is 1. The molecule has 0 aliphatic carbocycles. The van der Waals surface area contributed by atoms with Gasteiger partial charge in [0.05, 0.1) is 27.7 Å². The van der Waals surface area contributed by atoms with Gasteiger partial charge in [0.1, 0.15) is 19.8 Å². The van der Waals surface area contributed by atoms with Crippen LogP contribution in [0.15, 0.2) is 12.2 Å². The van der Waals surface area contributed by atoms with Crippen LogP contribution in [0.1, 0.15) is 226 Å². The molecule has 0 radical (unpaired) electrons. The average Bonchev–Trinajstić information content (AvgIpc) is 3.16. The van der Waals surface area contributed by atoms with Gasteiger partial charge in [-0.2, -0.15) is 0 Å². The summed E-state index contributed by atoms with van der Waals surface area (Å²) in [7, 11) is 1.48. The second-order valence-corrected chi connectivity index (χ2v) is 19.0. The molecule has 0 rings (SSSR count). The van der Waals surface area contributed by atoms with Crippen molar-refractivity contribution < 1.29 is 42.1 Å². The summed E-state index contributed by atoms with van der Waals surface area (Å²) in [5.41, 5.74) is 0. The van der Waals surface area contributed by atoms with Gasteiger partial charge in [0.2, 0.25) is 0 Å². The van der Waals surface area contributed by atoms with Gasteiger partial charge < -0.3 is 18.9 Å². The minimum Gasteiger partial charge on any atom is -0.462 e. The summed E-state index contributed by atoms with van der Waals surface area (Å²) in [6, 6.07) is 0. The van der Waals surface area contributed by atoms with Crippen LogP contribution < -0.4 is 0 Å². The molecule has 1 N–H and O–H groups in total. The summed E-state index contributed by atoms with van der Waals surface area (Å²) >= 11 is 0. The summed E-state index contributed by atoms with van der Waals surface area (Å²) in [5, 5.41) is 0. The molecule has 57 heavy (non-hydrogen) atoms. The molecule has 0 aliphatic heterocycles. The van der Waals surface area contributed by atoms with Gasteiger partial charge in [-0.3, -0.25) is 18.6 Å². The van der Waals surface area contributed by atoms with Gasteiger partial charge in [0.15, 0.2) is 6.10 Å². The summed E-state index contributed by atoms with van der Waals surface area (Å²) in [6.45, 7) is 4.44. The summed E-state index contributed by atoms with van der Waals surface area (Å²) < 4.78 is 34.4. The average molecular weight is 831 g/mol. The molecule has 9 nitrogen and oxygen atoms in total. The van der Waals surface area contributed by atoms with Gasteiger partial charge in [-0.15, -0.1) is 0 Å². The van der Waals surface area contributed by atoms with Crippen molar-refractivity contribution >= 4 is 19.8 Å². The largest absolute Gasteiger partial charge is 0.472 e. The lowest BCUT2D eigenvalue weighted by Crippen LogP contribution is -2.37. The van der Waals surface area contributed by atoms with E-state index in [1.807, 2.05) is 21.1 Å². The molecule has 2 atom stereocenters. The molecule has 0 aliphatic rings. The number of phosphoric acid groups is 1. The van der Waals surface area contributed by atoms with Gasteiger partial charge in [0, 0.05) is 12.8 Å². The Hall–Kier alpha value is -1.25. The van der Waals surface area contributed by atoms with Crippen LogP contribution >= 0.6 is 7.82 Å². The Kier molecular flexibility index (Phi) is 39.3. The van der Waals surface area contributed by atoms with E-state index >= 15 is 0 Å². The van der Waals surface area contributed by atoms with Gasteiger partial charge in [-0.05, 0) is 38.5 Å². The van der Waals surface area contributed by atoms with E-state index in [4.69, 9.17) is 18.5 Å². The normalized spacial score (nSPS) is 13.6. The first-order chi connectivity index (χ1) is 27.5. The Morgan fingerprint density at radius 1 is 0.526 bits per heavy atom. The number of nitrogens with zero attached hydrogens (tertiary/aromatic N) is 1. The number of ether oxygens (including phenoxy) is 2.